The summed E-state index contributed by atoms with van der Waals surface area (Å²) in [6.07, 6.45) is 0. The molecule has 0 saturated heterocycles. The van der Waals surface area contributed by atoms with E-state index in [1.807, 2.05) is 22.6 Å². The first-order chi connectivity index (χ1) is 5.52. The summed E-state index contributed by atoms with van der Waals surface area (Å²) < 4.78 is 0.819. The van der Waals surface area contributed by atoms with Gasteiger partial charge in [0.15, 0.2) is 0 Å². The maximum atomic E-state index is 10.5. The van der Waals surface area contributed by atoms with Gasteiger partial charge in [-0.1, -0.05) is 0 Å². The molecule has 5 heteroatoms. The third-order valence-corrected chi connectivity index (χ3v) is 2.66. The number of anilines is 1. The quantitative estimate of drug-likeness (QED) is 0.370. The van der Waals surface area contributed by atoms with Gasteiger partial charge in [-0.15, -0.1) is 0 Å². The Kier molecular flexibility index (Phi) is 2.51. The molecule has 2 N–H and O–H groups in total. The van der Waals surface area contributed by atoms with Crippen LogP contribution in [0.3, 0.4) is 0 Å². The number of nitrogens with two attached hydrogens (primary N) is 1. The predicted molar refractivity (Wildman–Crippen MR) is 55.0 cm³/mol. The number of nitrogens with zero attached hydrogens (tertiary/aromatic N) is 1. The average molecular weight is 278 g/mol. The number of nitro groups is 1. The molecule has 0 fully saturated rings. The fraction of sp³-hybridized carbons (Fsp3) is 0.143. The lowest BCUT2D eigenvalue weighted by Crippen LogP contribution is -1.96. The van der Waals surface area contributed by atoms with E-state index in [0.717, 1.165) is 3.57 Å². The molecule has 0 aliphatic rings. The summed E-state index contributed by atoms with van der Waals surface area (Å²) in [5.74, 6) is 0. The van der Waals surface area contributed by atoms with Gasteiger partial charge in [0.1, 0.15) is 0 Å². The number of nitro benzene ring substituents is 1. The molecular formula is C7H7IN2O2. The van der Waals surface area contributed by atoms with Gasteiger partial charge in [0, 0.05) is 20.9 Å². The molecule has 64 valence electrons. The smallest absolute Gasteiger partial charge is 0.275 e. The zero-order valence-electron chi connectivity index (χ0n) is 6.37. The molecule has 0 atom stereocenters. The van der Waals surface area contributed by atoms with Crippen molar-refractivity contribution in [1.82, 2.24) is 0 Å². The van der Waals surface area contributed by atoms with Crippen LogP contribution >= 0.6 is 22.6 Å². The van der Waals surface area contributed by atoms with Crippen molar-refractivity contribution in [2.75, 3.05) is 5.73 Å². The molecule has 0 aromatic heterocycles. The van der Waals surface area contributed by atoms with Crippen LogP contribution in [-0.4, -0.2) is 4.92 Å². The molecule has 0 spiro atoms. The normalized spacial score (nSPS) is 9.83. The topological polar surface area (TPSA) is 69.2 Å². The van der Waals surface area contributed by atoms with Crippen molar-refractivity contribution >= 4 is 34.0 Å². The zero-order valence-corrected chi connectivity index (χ0v) is 8.53. The van der Waals surface area contributed by atoms with E-state index >= 15 is 0 Å². The number of rotatable bonds is 1. The van der Waals surface area contributed by atoms with E-state index < -0.39 is 4.92 Å². The Morgan fingerprint density at radius 3 is 2.67 bits per heavy atom. The standard InChI is InChI=1S/C7H7IN2O2/c1-4-6(8)2-5(9)3-7(4)10(11)12/h2-3H,9H2,1H3. The summed E-state index contributed by atoms with van der Waals surface area (Å²) in [7, 11) is 0. The van der Waals surface area contributed by atoms with E-state index in [2.05, 4.69) is 0 Å². The summed E-state index contributed by atoms with van der Waals surface area (Å²) in [4.78, 5) is 10.1. The molecule has 0 aliphatic heterocycles. The highest BCUT2D eigenvalue weighted by atomic mass is 127. The van der Waals surface area contributed by atoms with Crippen LogP contribution in [0.5, 0.6) is 0 Å². The van der Waals surface area contributed by atoms with Crippen molar-refractivity contribution in [1.29, 1.82) is 0 Å². The summed E-state index contributed by atoms with van der Waals surface area (Å²) >= 11 is 2.02. The Hall–Kier alpha value is -0.850. The Labute approximate surface area is 83.1 Å². The van der Waals surface area contributed by atoms with Gasteiger partial charge in [-0.2, -0.15) is 0 Å². The first kappa shape index (κ1) is 9.24. The van der Waals surface area contributed by atoms with E-state index in [4.69, 9.17) is 5.73 Å². The average Bonchev–Trinajstić information content (AvgIpc) is 1.96. The molecule has 0 aliphatic carbocycles. The Morgan fingerprint density at radius 1 is 1.58 bits per heavy atom. The van der Waals surface area contributed by atoms with Crippen molar-refractivity contribution < 1.29 is 4.92 Å². The molecule has 1 rings (SSSR count). The van der Waals surface area contributed by atoms with Gasteiger partial charge in [-0.05, 0) is 35.6 Å². The minimum atomic E-state index is -0.423. The van der Waals surface area contributed by atoms with Gasteiger partial charge in [0.05, 0.1) is 4.92 Å². The molecule has 0 heterocycles. The molecule has 0 saturated carbocycles. The molecule has 1 aromatic carbocycles. The summed E-state index contributed by atoms with van der Waals surface area (Å²) in [6, 6.07) is 3.08. The van der Waals surface area contributed by atoms with E-state index in [-0.39, 0.29) is 5.69 Å². The monoisotopic (exact) mass is 278 g/mol. The summed E-state index contributed by atoms with van der Waals surface area (Å²) in [5, 5.41) is 10.5. The van der Waals surface area contributed by atoms with Crippen LogP contribution in [-0.2, 0) is 0 Å². The van der Waals surface area contributed by atoms with Gasteiger partial charge in [-0.25, -0.2) is 0 Å². The number of hydrogen-bond acceptors (Lipinski definition) is 3. The number of halogens is 1. The zero-order chi connectivity index (χ0) is 9.30. The lowest BCUT2D eigenvalue weighted by Gasteiger charge is -2.00. The molecule has 1 aromatic rings. The van der Waals surface area contributed by atoms with Crippen LogP contribution in [0.15, 0.2) is 12.1 Å². The number of hydrogen-bond donors (Lipinski definition) is 1. The van der Waals surface area contributed by atoms with Gasteiger partial charge < -0.3 is 5.73 Å². The minimum Gasteiger partial charge on any atom is -0.398 e. The van der Waals surface area contributed by atoms with Crippen LogP contribution in [0, 0.1) is 20.6 Å². The van der Waals surface area contributed by atoms with Crippen LogP contribution in [0.4, 0.5) is 11.4 Å². The lowest BCUT2D eigenvalue weighted by molar-refractivity contribution is -0.385. The van der Waals surface area contributed by atoms with Crippen molar-refractivity contribution in [2.24, 2.45) is 0 Å². The van der Waals surface area contributed by atoms with Crippen LogP contribution < -0.4 is 5.73 Å². The third kappa shape index (κ3) is 1.66. The fourth-order valence-electron chi connectivity index (χ4n) is 0.874. The molecular weight excluding hydrogens is 271 g/mol. The van der Waals surface area contributed by atoms with Crippen molar-refractivity contribution in [2.45, 2.75) is 6.92 Å². The van der Waals surface area contributed by atoms with Gasteiger partial charge in [-0.3, -0.25) is 10.1 Å². The Morgan fingerprint density at radius 2 is 2.17 bits per heavy atom. The molecule has 0 bridgehead atoms. The first-order valence-corrected chi connectivity index (χ1v) is 4.30. The van der Waals surface area contributed by atoms with E-state index in [1.165, 1.54) is 6.07 Å². The largest absolute Gasteiger partial charge is 0.398 e. The van der Waals surface area contributed by atoms with Crippen molar-refractivity contribution in [3.8, 4) is 0 Å². The van der Waals surface area contributed by atoms with E-state index in [9.17, 15) is 10.1 Å². The summed E-state index contributed by atoms with van der Waals surface area (Å²) in [6.45, 7) is 1.71. The van der Waals surface area contributed by atoms with Crippen LogP contribution in [0.25, 0.3) is 0 Å². The van der Waals surface area contributed by atoms with Crippen LogP contribution in [0.1, 0.15) is 5.56 Å². The first-order valence-electron chi connectivity index (χ1n) is 3.22. The number of benzene rings is 1. The van der Waals surface area contributed by atoms with Gasteiger partial charge >= 0.3 is 0 Å². The van der Waals surface area contributed by atoms with E-state index in [1.54, 1.807) is 13.0 Å². The Balaban J connectivity index is 3.37. The van der Waals surface area contributed by atoms with Crippen molar-refractivity contribution in [3.63, 3.8) is 0 Å². The molecule has 4 nitrogen and oxygen atoms in total. The lowest BCUT2D eigenvalue weighted by atomic mass is 10.2. The Bertz CT molecular complexity index is 338. The maximum absolute atomic E-state index is 10.5. The van der Waals surface area contributed by atoms with Gasteiger partial charge in [0.25, 0.3) is 5.69 Å². The minimum absolute atomic E-state index is 0.0828. The highest BCUT2D eigenvalue weighted by Crippen LogP contribution is 2.25. The second-order valence-electron chi connectivity index (χ2n) is 2.40. The fourth-order valence-corrected chi connectivity index (χ4v) is 1.51. The molecule has 0 unspecified atom stereocenters. The SMILES string of the molecule is Cc1c(I)cc(N)cc1[N+](=O)[O-]. The maximum Gasteiger partial charge on any atom is 0.275 e. The van der Waals surface area contributed by atoms with Gasteiger partial charge in [0.2, 0.25) is 0 Å². The molecule has 0 amide bonds. The molecule has 0 radical (unpaired) electrons. The van der Waals surface area contributed by atoms with E-state index in [0.29, 0.717) is 11.3 Å². The summed E-state index contributed by atoms with van der Waals surface area (Å²) in [5.41, 5.74) is 6.63. The second-order valence-corrected chi connectivity index (χ2v) is 3.57. The third-order valence-electron chi connectivity index (χ3n) is 1.54. The van der Waals surface area contributed by atoms with Crippen LogP contribution in [0.2, 0.25) is 0 Å². The number of nitrogen functional groups attached to an aromatic ring is 1. The van der Waals surface area contributed by atoms with Crippen molar-refractivity contribution in [3.05, 3.63) is 31.4 Å². The predicted octanol–water partition coefficient (Wildman–Crippen LogP) is 2.09. The molecule has 12 heavy (non-hydrogen) atoms. The second kappa shape index (κ2) is 3.26. The highest BCUT2D eigenvalue weighted by Gasteiger charge is 2.13. The highest BCUT2D eigenvalue weighted by molar-refractivity contribution is 14.1.